The van der Waals surface area contributed by atoms with Gasteiger partial charge >= 0.3 is 6.03 Å². The van der Waals surface area contributed by atoms with Crippen molar-refractivity contribution in [2.45, 2.75) is 39.0 Å². The fourth-order valence-electron chi connectivity index (χ4n) is 2.99. The molecule has 148 valence electrons. The van der Waals surface area contributed by atoms with Crippen molar-refractivity contribution in [3.05, 3.63) is 71.3 Å². The quantitative estimate of drug-likeness (QED) is 0.812. The van der Waals surface area contributed by atoms with Crippen molar-refractivity contribution in [1.82, 2.24) is 10.2 Å². The maximum absolute atomic E-state index is 14.1. The highest BCUT2D eigenvalue weighted by Crippen LogP contribution is 2.19. The normalized spacial score (nSPS) is 15.9. The van der Waals surface area contributed by atoms with Crippen molar-refractivity contribution >= 4 is 11.7 Å². The molecule has 0 saturated carbocycles. The lowest BCUT2D eigenvalue weighted by atomic mass is 10.0. The van der Waals surface area contributed by atoms with Crippen molar-refractivity contribution in [1.29, 1.82) is 0 Å². The van der Waals surface area contributed by atoms with Gasteiger partial charge in [0.1, 0.15) is 11.6 Å². The molecule has 0 bridgehead atoms. The van der Waals surface area contributed by atoms with Gasteiger partial charge in [-0.2, -0.15) is 0 Å². The minimum absolute atomic E-state index is 0.00516. The molecular formula is C21H23F2N3O2. The first kappa shape index (κ1) is 19.8. The molecule has 2 amide bonds. The van der Waals surface area contributed by atoms with Gasteiger partial charge in [-0.25, -0.2) is 13.6 Å². The zero-order valence-corrected chi connectivity index (χ0v) is 15.9. The van der Waals surface area contributed by atoms with Crippen LogP contribution in [0.4, 0.5) is 13.6 Å². The monoisotopic (exact) mass is 387 g/mol. The lowest BCUT2D eigenvalue weighted by molar-refractivity contribution is 0.0584. The van der Waals surface area contributed by atoms with Crippen LogP contribution in [0.15, 0.2) is 53.7 Å². The Labute approximate surface area is 163 Å². The molecule has 1 aliphatic heterocycles. The fraction of sp³-hybridized carbons (Fsp3) is 0.333. The van der Waals surface area contributed by atoms with Gasteiger partial charge in [0.15, 0.2) is 6.10 Å². The number of carbonyl (C=O) groups excluding carboxylic acids is 1. The molecule has 7 heteroatoms. The summed E-state index contributed by atoms with van der Waals surface area (Å²) in [5.74, 6) is -1.34. The van der Waals surface area contributed by atoms with Crippen LogP contribution in [0, 0.1) is 11.6 Å². The second-order valence-corrected chi connectivity index (χ2v) is 7.06. The van der Waals surface area contributed by atoms with Crippen LogP contribution in [-0.4, -0.2) is 35.3 Å². The number of oxime groups is 1. The molecule has 1 N–H and O–H groups in total. The maximum atomic E-state index is 14.1. The molecule has 1 aliphatic rings. The lowest BCUT2D eigenvalue weighted by Gasteiger charge is -2.26. The lowest BCUT2D eigenvalue weighted by Crippen LogP contribution is -2.45. The van der Waals surface area contributed by atoms with E-state index in [9.17, 15) is 13.6 Å². The summed E-state index contributed by atoms with van der Waals surface area (Å²) in [6, 6.07) is 12.6. The highest BCUT2D eigenvalue weighted by molar-refractivity contribution is 6.01. The molecule has 0 radical (unpaired) electrons. The maximum Gasteiger partial charge on any atom is 0.318 e. The molecule has 2 aromatic carbocycles. The van der Waals surface area contributed by atoms with Crippen LogP contribution < -0.4 is 5.32 Å². The molecule has 2 aromatic rings. The highest BCUT2D eigenvalue weighted by atomic mass is 19.1. The average Bonchev–Trinajstić information content (AvgIpc) is 3.12. The fourth-order valence-corrected chi connectivity index (χ4v) is 2.99. The predicted octanol–water partition coefficient (Wildman–Crippen LogP) is 4.08. The van der Waals surface area contributed by atoms with Crippen molar-refractivity contribution in [2.75, 3.05) is 6.54 Å². The summed E-state index contributed by atoms with van der Waals surface area (Å²) in [5.41, 5.74) is 2.01. The Morgan fingerprint density at radius 3 is 2.68 bits per heavy atom. The first-order valence-electron chi connectivity index (χ1n) is 9.20. The first-order chi connectivity index (χ1) is 13.4. The van der Waals surface area contributed by atoms with Gasteiger partial charge in [-0.15, -0.1) is 0 Å². The first-order valence-corrected chi connectivity index (χ1v) is 9.20. The van der Waals surface area contributed by atoms with E-state index in [2.05, 4.69) is 10.5 Å². The highest BCUT2D eigenvalue weighted by Gasteiger charge is 2.27. The van der Waals surface area contributed by atoms with Gasteiger partial charge in [0.25, 0.3) is 0 Å². The van der Waals surface area contributed by atoms with E-state index in [1.54, 1.807) is 0 Å². The van der Waals surface area contributed by atoms with Crippen LogP contribution in [0.1, 0.15) is 31.4 Å². The zero-order chi connectivity index (χ0) is 20.1. The Morgan fingerprint density at radius 1 is 1.25 bits per heavy atom. The molecule has 0 spiro atoms. The summed E-state index contributed by atoms with van der Waals surface area (Å²) in [5, 5.41) is 6.94. The number of hydrogen-bond donors (Lipinski definition) is 1. The summed E-state index contributed by atoms with van der Waals surface area (Å²) in [6.45, 7) is 3.93. The average molecular weight is 387 g/mol. The Bertz CT molecular complexity index is 856. The van der Waals surface area contributed by atoms with Crippen molar-refractivity contribution in [3.63, 3.8) is 0 Å². The molecule has 1 heterocycles. The van der Waals surface area contributed by atoms with Crippen molar-refractivity contribution in [3.8, 4) is 0 Å². The molecule has 0 aromatic heterocycles. The third-order valence-electron chi connectivity index (χ3n) is 4.34. The number of nitrogens with one attached hydrogen (secondary N) is 1. The van der Waals surface area contributed by atoms with E-state index in [0.29, 0.717) is 6.42 Å². The largest absolute Gasteiger partial charge is 0.390 e. The van der Waals surface area contributed by atoms with Crippen LogP contribution in [0.25, 0.3) is 0 Å². The van der Waals surface area contributed by atoms with Crippen LogP contribution in [0.5, 0.6) is 0 Å². The molecule has 3 rings (SSSR count). The molecule has 0 saturated heterocycles. The third-order valence-corrected chi connectivity index (χ3v) is 4.34. The van der Waals surface area contributed by atoms with E-state index < -0.39 is 11.6 Å². The Kier molecular flexibility index (Phi) is 6.23. The van der Waals surface area contributed by atoms with Gasteiger partial charge in [-0.1, -0.05) is 41.6 Å². The van der Waals surface area contributed by atoms with Crippen LogP contribution in [-0.2, 0) is 11.4 Å². The van der Waals surface area contributed by atoms with Gasteiger partial charge in [0.2, 0.25) is 0 Å². The Hall–Kier alpha value is -2.96. The molecular weight excluding hydrogens is 364 g/mol. The SMILES string of the molecule is CC(C)NC(=O)N(Cc1ccc(F)cc1F)C[C@H]1CC(c2ccccc2)=NO1. The minimum atomic E-state index is -0.684. The van der Waals surface area contributed by atoms with E-state index in [4.69, 9.17) is 4.84 Å². The smallest absolute Gasteiger partial charge is 0.318 e. The second-order valence-electron chi connectivity index (χ2n) is 7.06. The number of hydrogen-bond acceptors (Lipinski definition) is 3. The summed E-state index contributed by atoms with van der Waals surface area (Å²) in [4.78, 5) is 19.6. The van der Waals surface area contributed by atoms with E-state index in [0.717, 1.165) is 17.3 Å². The number of carbonyl (C=O) groups is 1. The number of halogens is 2. The number of amides is 2. The summed E-state index contributed by atoms with van der Waals surface area (Å²) >= 11 is 0. The number of nitrogens with zero attached hydrogens (tertiary/aromatic N) is 2. The molecule has 0 unspecified atom stereocenters. The summed E-state index contributed by atoms with van der Waals surface area (Å²) in [7, 11) is 0. The standard InChI is InChI=1S/C21H23F2N3O2/c1-14(2)24-21(27)26(12-16-8-9-17(22)10-19(16)23)13-18-11-20(25-28-18)15-6-4-3-5-7-15/h3-10,14,18H,11-13H2,1-2H3,(H,24,27)/t18-/m1/s1. The predicted molar refractivity (Wildman–Crippen MR) is 103 cm³/mol. The molecule has 5 nitrogen and oxygen atoms in total. The third kappa shape index (κ3) is 5.06. The molecule has 0 fully saturated rings. The van der Waals surface area contributed by atoms with E-state index >= 15 is 0 Å². The van der Waals surface area contributed by atoms with Gasteiger partial charge < -0.3 is 15.1 Å². The van der Waals surface area contributed by atoms with Gasteiger partial charge in [0.05, 0.1) is 18.8 Å². The van der Waals surface area contributed by atoms with E-state index in [1.165, 1.54) is 17.0 Å². The van der Waals surface area contributed by atoms with Crippen LogP contribution >= 0.6 is 0 Å². The molecule has 28 heavy (non-hydrogen) atoms. The number of rotatable bonds is 6. The van der Waals surface area contributed by atoms with E-state index in [-0.39, 0.29) is 36.8 Å². The number of benzene rings is 2. The van der Waals surface area contributed by atoms with Gasteiger partial charge in [0, 0.05) is 24.1 Å². The van der Waals surface area contributed by atoms with Crippen LogP contribution in [0.3, 0.4) is 0 Å². The van der Waals surface area contributed by atoms with Crippen molar-refractivity contribution < 1.29 is 18.4 Å². The van der Waals surface area contributed by atoms with Gasteiger partial charge in [-0.05, 0) is 25.5 Å². The second kappa shape index (κ2) is 8.82. The molecule has 0 aliphatic carbocycles. The minimum Gasteiger partial charge on any atom is -0.390 e. The Morgan fingerprint density at radius 2 is 2.00 bits per heavy atom. The van der Waals surface area contributed by atoms with Gasteiger partial charge in [-0.3, -0.25) is 0 Å². The van der Waals surface area contributed by atoms with Crippen molar-refractivity contribution in [2.24, 2.45) is 5.16 Å². The topological polar surface area (TPSA) is 53.9 Å². The summed E-state index contributed by atoms with van der Waals surface area (Å²) in [6.07, 6.45) is 0.207. The van der Waals surface area contributed by atoms with Crippen LogP contribution in [0.2, 0.25) is 0 Å². The Balaban J connectivity index is 1.70. The zero-order valence-electron chi connectivity index (χ0n) is 15.9. The van der Waals surface area contributed by atoms with E-state index in [1.807, 2.05) is 44.2 Å². The molecule has 1 atom stereocenters. The number of urea groups is 1. The summed E-state index contributed by atoms with van der Waals surface area (Å²) < 4.78 is 27.3.